The molecule has 0 bridgehead atoms. The Labute approximate surface area is 155 Å². The fourth-order valence-corrected chi connectivity index (χ4v) is 2.96. The van der Waals surface area contributed by atoms with Gasteiger partial charge in [-0.15, -0.1) is 0 Å². The number of aryl methyl sites for hydroxylation is 1. The number of carbonyl (C=O) groups excluding carboxylic acids is 1. The Morgan fingerprint density at radius 1 is 1.27 bits per heavy atom. The van der Waals surface area contributed by atoms with Crippen molar-refractivity contribution >= 4 is 30.1 Å². The molecule has 2 heterocycles. The summed E-state index contributed by atoms with van der Waals surface area (Å²) < 4.78 is 51.5. The number of nitrogens with one attached hydrogen (secondary N) is 1. The van der Waals surface area contributed by atoms with Gasteiger partial charge >= 0.3 is 13.3 Å². The first-order chi connectivity index (χ1) is 11.7. The molecule has 0 atom stereocenters. The average molecular weight is 390 g/mol. The van der Waals surface area contributed by atoms with E-state index in [9.17, 15) is 18.0 Å². The van der Waals surface area contributed by atoms with Crippen LogP contribution in [0.4, 0.5) is 13.2 Å². The van der Waals surface area contributed by atoms with Crippen LogP contribution in [0.3, 0.4) is 0 Å². The smallest absolute Gasteiger partial charge is 0.400 e. The lowest BCUT2D eigenvalue weighted by Crippen LogP contribution is -2.41. The highest BCUT2D eigenvalue weighted by atomic mass is 32.2. The first-order valence-electron chi connectivity index (χ1n) is 8.06. The van der Waals surface area contributed by atoms with Gasteiger partial charge in [0.2, 0.25) is 0 Å². The number of rotatable bonds is 4. The molecule has 10 heteroatoms. The zero-order valence-electron chi connectivity index (χ0n) is 15.6. The molecule has 1 aromatic rings. The molecule has 0 aliphatic carbocycles. The number of hydrogen-bond acceptors (Lipinski definition) is 5. The van der Waals surface area contributed by atoms with E-state index in [1.54, 1.807) is 0 Å². The lowest BCUT2D eigenvalue weighted by molar-refractivity contribution is -0.141. The van der Waals surface area contributed by atoms with Gasteiger partial charge in [-0.2, -0.15) is 18.3 Å². The van der Waals surface area contributed by atoms with Gasteiger partial charge in [0.15, 0.2) is 10.8 Å². The molecule has 1 N–H and O–H groups in total. The SMILES string of the molecule is CC(=O)SCC(=Cc1c(C(F)(F)F)n[nH]c1C)B1OC(C)(C)C(C)(C)O1. The van der Waals surface area contributed by atoms with Gasteiger partial charge in [-0.25, -0.2) is 0 Å². The van der Waals surface area contributed by atoms with Crippen LogP contribution < -0.4 is 0 Å². The first kappa shape index (κ1) is 21.0. The molecule has 1 aliphatic heterocycles. The molecule has 0 saturated carbocycles. The van der Waals surface area contributed by atoms with Crippen LogP contribution in [0.15, 0.2) is 5.47 Å². The molecule has 5 nitrogen and oxygen atoms in total. The van der Waals surface area contributed by atoms with Gasteiger partial charge in [0.1, 0.15) is 0 Å². The minimum absolute atomic E-state index is 0.0774. The molecule has 1 fully saturated rings. The molecule has 2 rings (SSSR count). The molecule has 0 radical (unpaired) electrons. The van der Waals surface area contributed by atoms with E-state index in [4.69, 9.17) is 9.31 Å². The molecule has 0 amide bonds. The molecule has 1 saturated heterocycles. The Hall–Kier alpha value is -1.26. The third-order valence-corrected chi connectivity index (χ3v) is 5.48. The number of alkyl halides is 3. The lowest BCUT2D eigenvalue weighted by atomic mass is 9.78. The van der Waals surface area contributed by atoms with E-state index >= 15 is 0 Å². The van der Waals surface area contributed by atoms with E-state index < -0.39 is 30.2 Å². The Balaban J connectivity index is 2.46. The van der Waals surface area contributed by atoms with Crippen LogP contribution in [0.5, 0.6) is 0 Å². The quantitative estimate of drug-likeness (QED) is 0.787. The van der Waals surface area contributed by atoms with E-state index in [0.29, 0.717) is 5.47 Å². The summed E-state index contributed by atoms with van der Waals surface area (Å²) in [6.07, 6.45) is -3.23. The van der Waals surface area contributed by atoms with Crippen molar-refractivity contribution < 1.29 is 27.3 Å². The molecular formula is C16H22BF3N2O3S. The number of aromatic amines is 1. The summed E-state index contributed by atoms with van der Waals surface area (Å²) in [5.41, 5.74) is -1.65. The van der Waals surface area contributed by atoms with E-state index in [1.165, 1.54) is 19.9 Å². The van der Waals surface area contributed by atoms with E-state index in [1.807, 2.05) is 27.7 Å². The van der Waals surface area contributed by atoms with Crippen LogP contribution in [-0.4, -0.2) is 39.4 Å². The predicted octanol–water partition coefficient (Wildman–Crippen LogP) is 4.03. The Kier molecular flexibility index (Phi) is 5.71. The van der Waals surface area contributed by atoms with Crippen molar-refractivity contribution in [2.45, 2.75) is 58.9 Å². The summed E-state index contributed by atoms with van der Waals surface area (Å²) in [6.45, 7) is 10.3. The predicted molar refractivity (Wildman–Crippen MR) is 95.5 cm³/mol. The topological polar surface area (TPSA) is 64.2 Å². The number of aromatic nitrogens is 2. The lowest BCUT2D eigenvalue weighted by Gasteiger charge is -2.32. The number of H-pyrrole nitrogens is 1. The Bertz CT molecular complexity index is 713. The highest BCUT2D eigenvalue weighted by Gasteiger charge is 2.52. The summed E-state index contributed by atoms with van der Waals surface area (Å²) in [4.78, 5) is 11.4. The number of thioether (sulfide) groups is 1. The molecule has 0 aromatic carbocycles. The van der Waals surface area contributed by atoms with Crippen molar-refractivity contribution in [2.75, 3.05) is 5.75 Å². The molecule has 1 aliphatic rings. The van der Waals surface area contributed by atoms with Gasteiger partial charge in [-0.05, 0) is 40.1 Å². The van der Waals surface area contributed by atoms with Crippen LogP contribution in [0.1, 0.15) is 51.6 Å². The fourth-order valence-electron chi connectivity index (χ4n) is 2.37. The molecule has 0 unspecified atom stereocenters. The van der Waals surface area contributed by atoms with E-state index in [-0.39, 0.29) is 22.1 Å². The van der Waals surface area contributed by atoms with Crippen LogP contribution in [-0.2, 0) is 20.3 Å². The molecule has 144 valence electrons. The van der Waals surface area contributed by atoms with Crippen molar-refractivity contribution in [3.63, 3.8) is 0 Å². The average Bonchev–Trinajstić information content (AvgIpc) is 2.91. The van der Waals surface area contributed by atoms with Crippen LogP contribution in [0.2, 0.25) is 0 Å². The highest BCUT2D eigenvalue weighted by molar-refractivity contribution is 8.13. The summed E-state index contributed by atoms with van der Waals surface area (Å²) in [7, 11) is -0.845. The molecule has 0 spiro atoms. The van der Waals surface area contributed by atoms with Crippen LogP contribution in [0, 0.1) is 6.92 Å². The van der Waals surface area contributed by atoms with Gasteiger partial charge in [0.25, 0.3) is 0 Å². The number of halogens is 3. The van der Waals surface area contributed by atoms with Gasteiger partial charge in [-0.1, -0.05) is 17.8 Å². The van der Waals surface area contributed by atoms with Gasteiger partial charge in [0.05, 0.1) is 11.2 Å². The van der Waals surface area contributed by atoms with Crippen LogP contribution in [0.25, 0.3) is 6.08 Å². The summed E-state index contributed by atoms with van der Waals surface area (Å²) in [5.74, 6) is 0.161. The number of nitrogens with zero attached hydrogens (tertiary/aromatic N) is 1. The third-order valence-electron chi connectivity index (χ3n) is 4.59. The van der Waals surface area contributed by atoms with Crippen molar-refractivity contribution in [1.82, 2.24) is 10.2 Å². The fraction of sp³-hybridized carbons (Fsp3) is 0.625. The second kappa shape index (κ2) is 7.05. The maximum Gasteiger partial charge on any atom is 0.491 e. The first-order valence-corrected chi connectivity index (χ1v) is 9.05. The van der Waals surface area contributed by atoms with E-state index in [2.05, 4.69) is 10.2 Å². The van der Waals surface area contributed by atoms with Crippen LogP contribution >= 0.6 is 11.8 Å². The zero-order chi connectivity index (χ0) is 19.9. The second-order valence-electron chi connectivity index (χ2n) is 7.20. The molecule has 1 aromatic heterocycles. The van der Waals surface area contributed by atoms with E-state index in [0.717, 1.165) is 11.8 Å². The zero-order valence-corrected chi connectivity index (χ0v) is 16.4. The Morgan fingerprint density at radius 2 is 1.81 bits per heavy atom. The monoisotopic (exact) mass is 390 g/mol. The molecular weight excluding hydrogens is 368 g/mol. The summed E-state index contributed by atoms with van der Waals surface area (Å²) >= 11 is 0.989. The Morgan fingerprint density at radius 3 is 2.27 bits per heavy atom. The third kappa shape index (κ3) is 4.35. The van der Waals surface area contributed by atoms with Crippen molar-refractivity contribution in [2.24, 2.45) is 0 Å². The van der Waals surface area contributed by atoms with Gasteiger partial charge in [-0.3, -0.25) is 9.89 Å². The minimum atomic E-state index is -4.59. The summed E-state index contributed by atoms with van der Waals surface area (Å²) in [5, 5.41) is 5.59. The maximum atomic E-state index is 13.2. The molecule has 26 heavy (non-hydrogen) atoms. The van der Waals surface area contributed by atoms with Gasteiger partial charge in [0, 0.05) is 23.9 Å². The van der Waals surface area contributed by atoms with Crippen molar-refractivity contribution in [3.8, 4) is 0 Å². The standard InChI is InChI=1S/C16H22BF3N2O3S/c1-9-12(13(22-21-9)16(18,19)20)7-11(8-26-10(2)23)17-24-14(3,4)15(5,6)25-17/h7H,8H2,1-6H3,(H,21,22). The van der Waals surface area contributed by atoms with Crippen molar-refractivity contribution in [1.29, 1.82) is 0 Å². The maximum absolute atomic E-state index is 13.2. The number of hydrogen-bond donors (Lipinski definition) is 1. The minimum Gasteiger partial charge on any atom is -0.400 e. The van der Waals surface area contributed by atoms with Crippen molar-refractivity contribution in [3.05, 3.63) is 22.4 Å². The highest BCUT2D eigenvalue weighted by Crippen LogP contribution is 2.40. The number of carbonyl (C=O) groups is 1. The second-order valence-corrected chi connectivity index (χ2v) is 8.35. The van der Waals surface area contributed by atoms with Gasteiger partial charge < -0.3 is 9.31 Å². The largest absolute Gasteiger partial charge is 0.491 e. The summed E-state index contributed by atoms with van der Waals surface area (Å²) in [6, 6.07) is 0. The normalized spacial score (nSPS) is 19.9.